The van der Waals surface area contributed by atoms with Gasteiger partial charge >= 0.3 is 0 Å². The van der Waals surface area contributed by atoms with Crippen LogP contribution in [-0.4, -0.2) is 42.8 Å². The molecule has 1 amide bonds. The summed E-state index contributed by atoms with van der Waals surface area (Å²) in [5.74, 6) is 1.19. The third kappa shape index (κ3) is 4.37. The van der Waals surface area contributed by atoms with Crippen LogP contribution in [-0.2, 0) is 16.1 Å². The highest BCUT2D eigenvalue weighted by molar-refractivity contribution is 6.30. The zero-order chi connectivity index (χ0) is 18.6. The summed E-state index contributed by atoms with van der Waals surface area (Å²) in [5, 5.41) is 0.677. The van der Waals surface area contributed by atoms with Gasteiger partial charge in [-0.25, -0.2) is 0 Å². The number of halogens is 1. The third-order valence-corrected chi connectivity index (χ3v) is 5.08. The van der Waals surface area contributed by atoms with Crippen LogP contribution in [0.4, 0.5) is 0 Å². The lowest BCUT2D eigenvalue weighted by atomic mass is 10.1. The Hall–Kier alpha value is -2.24. The first-order valence-electron chi connectivity index (χ1n) is 9.22. The smallest absolute Gasteiger partial charge is 0.267 e. The van der Waals surface area contributed by atoms with E-state index in [1.165, 1.54) is 0 Å². The van der Waals surface area contributed by atoms with Crippen molar-refractivity contribution in [3.8, 4) is 11.5 Å². The average Bonchev–Trinajstić information content (AvgIpc) is 3.21. The summed E-state index contributed by atoms with van der Waals surface area (Å²) in [5.41, 5.74) is 1.02. The number of benzene rings is 2. The van der Waals surface area contributed by atoms with E-state index in [1.54, 1.807) is 4.90 Å². The summed E-state index contributed by atoms with van der Waals surface area (Å²) in [7, 11) is 0. The SMILES string of the molecule is O=C(C1COc2ccccc2O1)N(Cc1ccc(Cl)cc1)CC1CCCO1. The van der Waals surface area contributed by atoms with Gasteiger partial charge in [0, 0.05) is 24.7 Å². The highest BCUT2D eigenvalue weighted by atomic mass is 35.5. The molecule has 2 aromatic carbocycles. The lowest BCUT2D eigenvalue weighted by Gasteiger charge is -2.32. The van der Waals surface area contributed by atoms with Gasteiger partial charge in [0.1, 0.15) is 6.61 Å². The van der Waals surface area contributed by atoms with Crippen LogP contribution >= 0.6 is 11.6 Å². The highest BCUT2D eigenvalue weighted by Crippen LogP contribution is 2.31. The summed E-state index contributed by atoms with van der Waals surface area (Å²) >= 11 is 5.98. The number of hydrogen-bond donors (Lipinski definition) is 0. The van der Waals surface area contributed by atoms with Crippen LogP contribution in [0.5, 0.6) is 11.5 Å². The molecule has 0 aromatic heterocycles. The molecule has 0 saturated carbocycles. The van der Waals surface area contributed by atoms with Crippen LogP contribution < -0.4 is 9.47 Å². The Morgan fingerprint density at radius 2 is 1.89 bits per heavy atom. The van der Waals surface area contributed by atoms with E-state index in [-0.39, 0.29) is 18.6 Å². The highest BCUT2D eigenvalue weighted by Gasteiger charge is 2.33. The minimum Gasteiger partial charge on any atom is -0.485 e. The van der Waals surface area contributed by atoms with Crippen molar-refractivity contribution in [1.29, 1.82) is 0 Å². The molecule has 1 saturated heterocycles. The molecule has 2 aromatic rings. The quantitative estimate of drug-likeness (QED) is 0.785. The molecular formula is C21H22ClNO4. The Morgan fingerprint density at radius 1 is 1.11 bits per heavy atom. The van der Waals surface area contributed by atoms with Crippen molar-refractivity contribution in [2.75, 3.05) is 19.8 Å². The van der Waals surface area contributed by atoms with Crippen molar-refractivity contribution in [3.05, 3.63) is 59.1 Å². The maximum atomic E-state index is 13.2. The van der Waals surface area contributed by atoms with E-state index >= 15 is 0 Å². The fourth-order valence-electron chi connectivity index (χ4n) is 3.42. The molecule has 2 aliphatic heterocycles. The molecule has 5 nitrogen and oxygen atoms in total. The normalized spacial score (nSPS) is 21.1. The van der Waals surface area contributed by atoms with Gasteiger partial charge in [0.2, 0.25) is 6.10 Å². The van der Waals surface area contributed by atoms with Crippen LogP contribution in [0.3, 0.4) is 0 Å². The summed E-state index contributed by atoms with van der Waals surface area (Å²) in [6, 6.07) is 15.0. The van der Waals surface area contributed by atoms with Crippen molar-refractivity contribution < 1.29 is 19.0 Å². The fourth-order valence-corrected chi connectivity index (χ4v) is 3.55. The summed E-state index contributed by atoms with van der Waals surface area (Å²) < 4.78 is 17.4. The van der Waals surface area contributed by atoms with Gasteiger partial charge in [0.05, 0.1) is 6.10 Å². The molecule has 6 heteroatoms. The molecule has 2 aliphatic rings. The molecule has 0 N–H and O–H groups in total. The molecule has 0 aliphatic carbocycles. The lowest BCUT2D eigenvalue weighted by Crippen LogP contribution is -2.48. The summed E-state index contributed by atoms with van der Waals surface area (Å²) in [6.45, 7) is 1.99. The minimum absolute atomic E-state index is 0.0676. The Balaban J connectivity index is 1.50. The summed E-state index contributed by atoms with van der Waals surface area (Å²) in [6.07, 6.45) is 1.41. The molecule has 4 rings (SSSR count). The van der Waals surface area contributed by atoms with E-state index in [2.05, 4.69) is 0 Å². The molecular weight excluding hydrogens is 366 g/mol. The Kier molecular flexibility index (Phi) is 5.50. The number of hydrogen-bond acceptors (Lipinski definition) is 4. The van der Waals surface area contributed by atoms with Crippen LogP contribution in [0.1, 0.15) is 18.4 Å². The van der Waals surface area contributed by atoms with Crippen LogP contribution in [0.25, 0.3) is 0 Å². The van der Waals surface area contributed by atoms with Crippen LogP contribution in [0.2, 0.25) is 5.02 Å². The monoisotopic (exact) mass is 387 g/mol. The summed E-state index contributed by atoms with van der Waals surface area (Å²) in [4.78, 5) is 15.0. The van der Waals surface area contributed by atoms with E-state index in [4.69, 9.17) is 25.8 Å². The second-order valence-corrected chi connectivity index (χ2v) is 7.28. The van der Waals surface area contributed by atoms with Gasteiger partial charge < -0.3 is 19.1 Å². The Morgan fingerprint density at radius 3 is 2.63 bits per heavy atom. The van der Waals surface area contributed by atoms with E-state index in [0.717, 1.165) is 25.0 Å². The molecule has 27 heavy (non-hydrogen) atoms. The van der Waals surface area contributed by atoms with Crippen molar-refractivity contribution in [2.24, 2.45) is 0 Å². The van der Waals surface area contributed by atoms with E-state index in [0.29, 0.717) is 29.6 Å². The first kappa shape index (κ1) is 18.1. The molecule has 0 radical (unpaired) electrons. The predicted octanol–water partition coefficient (Wildman–Crippen LogP) is 3.69. The zero-order valence-corrected chi connectivity index (χ0v) is 15.7. The lowest BCUT2D eigenvalue weighted by molar-refractivity contribution is -0.143. The Labute approximate surface area is 163 Å². The molecule has 2 atom stereocenters. The molecule has 142 valence electrons. The zero-order valence-electron chi connectivity index (χ0n) is 15.0. The van der Waals surface area contributed by atoms with E-state index < -0.39 is 6.10 Å². The van der Waals surface area contributed by atoms with Crippen molar-refractivity contribution in [3.63, 3.8) is 0 Å². The predicted molar refractivity (Wildman–Crippen MR) is 102 cm³/mol. The molecule has 1 fully saturated rings. The van der Waals surface area contributed by atoms with E-state index in [1.807, 2.05) is 48.5 Å². The molecule has 0 bridgehead atoms. The molecule has 2 unspecified atom stereocenters. The van der Waals surface area contributed by atoms with Gasteiger partial charge in [-0.2, -0.15) is 0 Å². The van der Waals surface area contributed by atoms with Gasteiger partial charge in [-0.15, -0.1) is 0 Å². The number of ether oxygens (including phenoxy) is 3. The largest absolute Gasteiger partial charge is 0.485 e. The number of amides is 1. The second kappa shape index (κ2) is 8.19. The molecule has 0 spiro atoms. The van der Waals surface area contributed by atoms with Crippen molar-refractivity contribution in [1.82, 2.24) is 4.90 Å². The third-order valence-electron chi connectivity index (χ3n) is 4.83. The van der Waals surface area contributed by atoms with Crippen molar-refractivity contribution >= 4 is 17.5 Å². The van der Waals surface area contributed by atoms with Crippen LogP contribution in [0, 0.1) is 0 Å². The number of fused-ring (bicyclic) bond motifs is 1. The van der Waals surface area contributed by atoms with E-state index in [9.17, 15) is 4.79 Å². The number of carbonyl (C=O) groups excluding carboxylic acids is 1. The average molecular weight is 388 g/mol. The van der Waals surface area contributed by atoms with Gasteiger partial charge in [-0.1, -0.05) is 35.9 Å². The number of para-hydroxylation sites is 2. The number of carbonyl (C=O) groups is 1. The standard InChI is InChI=1S/C21H22ClNO4/c22-16-9-7-15(8-10-16)12-23(13-17-4-3-11-25-17)21(24)20-14-26-18-5-1-2-6-19(18)27-20/h1-2,5-10,17,20H,3-4,11-14H2. The number of rotatable bonds is 5. The fraction of sp³-hybridized carbons (Fsp3) is 0.381. The topological polar surface area (TPSA) is 48.0 Å². The molecule has 2 heterocycles. The maximum absolute atomic E-state index is 13.2. The van der Waals surface area contributed by atoms with Gasteiger partial charge in [-0.05, 0) is 42.7 Å². The van der Waals surface area contributed by atoms with Crippen LogP contribution in [0.15, 0.2) is 48.5 Å². The number of nitrogens with zero attached hydrogens (tertiary/aromatic N) is 1. The van der Waals surface area contributed by atoms with Gasteiger partial charge in [-0.3, -0.25) is 4.79 Å². The van der Waals surface area contributed by atoms with Gasteiger partial charge in [0.25, 0.3) is 5.91 Å². The second-order valence-electron chi connectivity index (χ2n) is 6.84. The first-order chi connectivity index (χ1) is 13.2. The van der Waals surface area contributed by atoms with Crippen molar-refractivity contribution in [2.45, 2.75) is 31.6 Å². The van der Waals surface area contributed by atoms with Gasteiger partial charge in [0.15, 0.2) is 11.5 Å². The minimum atomic E-state index is -0.659. The first-order valence-corrected chi connectivity index (χ1v) is 9.60. The Bertz CT molecular complexity index is 789. The maximum Gasteiger partial charge on any atom is 0.267 e.